The second-order valence-electron chi connectivity index (χ2n) is 4.24. The minimum Gasteiger partial charge on any atom is -0.342 e. The van der Waals surface area contributed by atoms with Crippen LogP contribution in [0.25, 0.3) is 11.0 Å². The standard InChI is InChI=1S/C12H14F3N3/c1-7-5-8(12(13,14)15)11-9(6-7)17-10(18-11)3-4-16-2/h5-6,16H,3-4H2,1-2H3,(H,17,18). The van der Waals surface area contributed by atoms with Crippen molar-refractivity contribution in [1.29, 1.82) is 0 Å². The second kappa shape index (κ2) is 4.61. The van der Waals surface area contributed by atoms with Gasteiger partial charge in [0.15, 0.2) is 0 Å². The number of nitrogens with zero attached hydrogens (tertiary/aromatic N) is 1. The Morgan fingerprint density at radius 1 is 1.33 bits per heavy atom. The fraction of sp³-hybridized carbons (Fsp3) is 0.417. The zero-order valence-corrected chi connectivity index (χ0v) is 10.2. The van der Waals surface area contributed by atoms with E-state index in [4.69, 9.17) is 0 Å². The number of aromatic nitrogens is 2. The summed E-state index contributed by atoms with van der Waals surface area (Å²) in [6, 6.07) is 2.81. The number of H-pyrrole nitrogens is 1. The first kappa shape index (κ1) is 12.9. The molecule has 0 bridgehead atoms. The Bertz CT molecular complexity index is 557. The summed E-state index contributed by atoms with van der Waals surface area (Å²) in [5.41, 5.74) is 0.329. The van der Waals surface area contributed by atoms with Crippen LogP contribution in [0.3, 0.4) is 0 Å². The van der Waals surface area contributed by atoms with Crippen molar-refractivity contribution < 1.29 is 13.2 Å². The van der Waals surface area contributed by atoms with E-state index in [1.54, 1.807) is 20.0 Å². The monoisotopic (exact) mass is 257 g/mol. The van der Waals surface area contributed by atoms with Gasteiger partial charge in [-0.05, 0) is 31.7 Å². The zero-order chi connectivity index (χ0) is 13.3. The van der Waals surface area contributed by atoms with Crippen molar-refractivity contribution >= 4 is 11.0 Å². The summed E-state index contributed by atoms with van der Waals surface area (Å²) in [4.78, 5) is 6.97. The summed E-state index contributed by atoms with van der Waals surface area (Å²) in [6.07, 6.45) is -3.80. The maximum atomic E-state index is 12.9. The fourth-order valence-electron chi connectivity index (χ4n) is 1.89. The van der Waals surface area contributed by atoms with Crippen molar-refractivity contribution in [2.24, 2.45) is 0 Å². The van der Waals surface area contributed by atoms with Gasteiger partial charge in [0.25, 0.3) is 0 Å². The van der Waals surface area contributed by atoms with Crippen LogP contribution in [-0.4, -0.2) is 23.6 Å². The van der Waals surface area contributed by atoms with Gasteiger partial charge in [0, 0.05) is 13.0 Å². The number of hydrogen-bond acceptors (Lipinski definition) is 2. The minimum absolute atomic E-state index is 0.000738. The summed E-state index contributed by atoms with van der Waals surface area (Å²) in [5.74, 6) is 0.565. The van der Waals surface area contributed by atoms with Crippen LogP contribution in [0.4, 0.5) is 13.2 Å². The predicted octanol–water partition coefficient (Wildman–Crippen LogP) is 2.65. The van der Waals surface area contributed by atoms with Crippen LogP contribution < -0.4 is 5.32 Å². The smallest absolute Gasteiger partial charge is 0.342 e. The number of benzene rings is 1. The van der Waals surface area contributed by atoms with Crippen LogP contribution in [-0.2, 0) is 12.6 Å². The lowest BCUT2D eigenvalue weighted by Crippen LogP contribution is -2.11. The Labute approximate surface area is 102 Å². The van der Waals surface area contributed by atoms with Gasteiger partial charge in [0.1, 0.15) is 11.3 Å². The van der Waals surface area contributed by atoms with Gasteiger partial charge in [0.05, 0.1) is 11.1 Å². The van der Waals surface area contributed by atoms with Crippen molar-refractivity contribution in [3.05, 3.63) is 29.1 Å². The Kier molecular flexibility index (Phi) is 3.30. The quantitative estimate of drug-likeness (QED) is 0.887. The highest BCUT2D eigenvalue weighted by atomic mass is 19.4. The van der Waals surface area contributed by atoms with Crippen molar-refractivity contribution in [3.63, 3.8) is 0 Å². The summed E-state index contributed by atoms with van der Waals surface area (Å²) in [5, 5.41) is 2.93. The highest BCUT2D eigenvalue weighted by molar-refractivity contribution is 5.80. The number of likely N-dealkylation sites (N-methyl/N-ethyl adjacent to an activating group) is 1. The van der Waals surface area contributed by atoms with Crippen LogP contribution in [0.15, 0.2) is 12.1 Å². The van der Waals surface area contributed by atoms with Gasteiger partial charge in [0.2, 0.25) is 0 Å². The van der Waals surface area contributed by atoms with E-state index >= 15 is 0 Å². The number of aryl methyl sites for hydroxylation is 1. The van der Waals surface area contributed by atoms with Crippen LogP contribution in [0.1, 0.15) is 17.0 Å². The minimum atomic E-state index is -4.38. The average Bonchev–Trinajstić information content (AvgIpc) is 2.66. The molecule has 1 heterocycles. The highest BCUT2D eigenvalue weighted by Crippen LogP contribution is 2.34. The van der Waals surface area contributed by atoms with Crippen molar-refractivity contribution in [1.82, 2.24) is 15.3 Å². The third kappa shape index (κ3) is 2.48. The second-order valence-corrected chi connectivity index (χ2v) is 4.24. The van der Waals surface area contributed by atoms with Gasteiger partial charge in [-0.3, -0.25) is 0 Å². The van der Waals surface area contributed by atoms with Crippen LogP contribution in [0.2, 0.25) is 0 Å². The molecule has 2 rings (SSSR count). The van der Waals surface area contributed by atoms with Gasteiger partial charge in [-0.2, -0.15) is 13.2 Å². The summed E-state index contributed by atoms with van der Waals surface area (Å²) in [7, 11) is 1.79. The van der Waals surface area contributed by atoms with E-state index in [0.717, 1.165) is 6.07 Å². The molecule has 0 aliphatic rings. The lowest BCUT2D eigenvalue weighted by molar-refractivity contribution is -0.136. The lowest BCUT2D eigenvalue weighted by atomic mass is 10.1. The molecule has 2 aromatic rings. The molecule has 1 aromatic heterocycles. The largest absolute Gasteiger partial charge is 0.418 e. The SMILES string of the molecule is CNCCc1nc2c(C(F)(F)F)cc(C)cc2[nH]1. The van der Waals surface area contributed by atoms with Crippen molar-refractivity contribution in [3.8, 4) is 0 Å². The molecule has 0 atom stereocenters. The molecular weight excluding hydrogens is 243 g/mol. The number of hydrogen-bond donors (Lipinski definition) is 2. The van der Waals surface area contributed by atoms with Gasteiger partial charge in [-0.15, -0.1) is 0 Å². The number of rotatable bonds is 3. The molecule has 18 heavy (non-hydrogen) atoms. The van der Waals surface area contributed by atoms with Crippen LogP contribution in [0, 0.1) is 6.92 Å². The Morgan fingerprint density at radius 3 is 2.67 bits per heavy atom. The molecule has 1 aromatic carbocycles. The molecule has 0 fully saturated rings. The topological polar surface area (TPSA) is 40.7 Å². The first-order valence-electron chi connectivity index (χ1n) is 5.63. The fourth-order valence-corrected chi connectivity index (χ4v) is 1.89. The molecule has 0 radical (unpaired) electrons. The van der Waals surface area contributed by atoms with E-state index in [1.807, 2.05) is 0 Å². The third-order valence-corrected chi connectivity index (χ3v) is 2.70. The first-order chi connectivity index (χ1) is 8.41. The predicted molar refractivity (Wildman–Crippen MR) is 63.5 cm³/mol. The van der Waals surface area contributed by atoms with Crippen molar-refractivity contribution in [2.45, 2.75) is 19.5 Å². The van der Waals surface area contributed by atoms with Crippen molar-refractivity contribution in [2.75, 3.05) is 13.6 Å². The first-order valence-corrected chi connectivity index (χ1v) is 5.63. The van der Waals surface area contributed by atoms with E-state index < -0.39 is 11.7 Å². The normalized spacial score (nSPS) is 12.3. The van der Waals surface area contributed by atoms with Crippen LogP contribution in [0.5, 0.6) is 0 Å². The molecule has 0 saturated carbocycles. The Balaban J connectivity index is 2.53. The zero-order valence-electron chi connectivity index (χ0n) is 10.2. The Morgan fingerprint density at radius 2 is 2.06 bits per heavy atom. The maximum Gasteiger partial charge on any atom is 0.418 e. The molecule has 0 unspecified atom stereocenters. The van der Waals surface area contributed by atoms with E-state index in [-0.39, 0.29) is 5.52 Å². The Hall–Kier alpha value is -1.56. The molecule has 3 nitrogen and oxygen atoms in total. The molecule has 0 spiro atoms. The van der Waals surface area contributed by atoms with Gasteiger partial charge >= 0.3 is 6.18 Å². The summed E-state index contributed by atoms with van der Waals surface area (Å²) < 4.78 is 38.7. The molecule has 0 amide bonds. The summed E-state index contributed by atoms with van der Waals surface area (Å²) in [6.45, 7) is 2.31. The number of alkyl halides is 3. The van der Waals surface area contributed by atoms with Gasteiger partial charge in [-0.1, -0.05) is 0 Å². The third-order valence-electron chi connectivity index (χ3n) is 2.70. The maximum absolute atomic E-state index is 12.9. The number of imidazole rings is 1. The van der Waals surface area contributed by atoms with Crippen LogP contribution >= 0.6 is 0 Å². The summed E-state index contributed by atoms with van der Waals surface area (Å²) >= 11 is 0. The molecule has 2 N–H and O–H groups in total. The number of fused-ring (bicyclic) bond motifs is 1. The van der Waals surface area contributed by atoms with Gasteiger partial charge < -0.3 is 10.3 Å². The molecule has 0 aliphatic carbocycles. The molecule has 0 saturated heterocycles. The van der Waals surface area contributed by atoms with E-state index in [0.29, 0.717) is 29.9 Å². The van der Waals surface area contributed by atoms with E-state index in [2.05, 4.69) is 15.3 Å². The van der Waals surface area contributed by atoms with E-state index in [1.165, 1.54) is 0 Å². The molecule has 0 aliphatic heterocycles. The highest BCUT2D eigenvalue weighted by Gasteiger charge is 2.34. The number of nitrogens with one attached hydrogen (secondary N) is 2. The van der Waals surface area contributed by atoms with E-state index in [9.17, 15) is 13.2 Å². The number of aromatic amines is 1. The van der Waals surface area contributed by atoms with Gasteiger partial charge in [-0.25, -0.2) is 4.98 Å². The molecule has 98 valence electrons. The average molecular weight is 257 g/mol. The lowest BCUT2D eigenvalue weighted by Gasteiger charge is -2.07. The molecule has 6 heteroatoms. The molecular formula is C12H14F3N3. The number of halogens is 3.